The van der Waals surface area contributed by atoms with Crippen molar-refractivity contribution in [3.05, 3.63) is 41.3 Å². The minimum atomic E-state index is -3.90. The number of aryl methyl sites for hydroxylation is 1. The number of benzene rings is 1. The summed E-state index contributed by atoms with van der Waals surface area (Å²) in [5.41, 5.74) is 0.299. The van der Waals surface area contributed by atoms with Gasteiger partial charge >= 0.3 is 0 Å². The van der Waals surface area contributed by atoms with Crippen molar-refractivity contribution in [1.29, 1.82) is 0 Å². The van der Waals surface area contributed by atoms with Crippen LogP contribution < -0.4 is 5.32 Å². The topological polar surface area (TPSA) is 76.1 Å². The van der Waals surface area contributed by atoms with Crippen LogP contribution >= 0.6 is 22.0 Å². The molecule has 2 rings (SSSR count). The third-order valence-corrected chi connectivity index (χ3v) is 5.53. The van der Waals surface area contributed by atoms with E-state index in [1.165, 1.54) is 25.1 Å². The second-order valence-electron chi connectivity index (χ2n) is 3.79. The lowest BCUT2D eigenvalue weighted by atomic mass is 10.2. The first-order valence-electron chi connectivity index (χ1n) is 5.26. The molecule has 1 aromatic heterocycles. The average Bonchev–Trinajstić information content (AvgIpc) is 2.70. The number of rotatable bonds is 3. The van der Waals surface area contributed by atoms with E-state index >= 15 is 0 Å². The van der Waals surface area contributed by atoms with Crippen molar-refractivity contribution in [3.8, 4) is 0 Å². The van der Waals surface area contributed by atoms with Crippen LogP contribution in [0.5, 0.6) is 0 Å². The number of anilines is 1. The van der Waals surface area contributed by atoms with Gasteiger partial charge in [0.25, 0.3) is 15.0 Å². The number of nitrogens with one attached hydrogen (secondary N) is 1. The third-order valence-electron chi connectivity index (χ3n) is 2.28. The summed E-state index contributed by atoms with van der Waals surface area (Å²) >= 11 is 0.737. The van der Waals surface area contributed by atoms with Crippen molar-refractivity contribution in [2.75, 3.05) is 5.32 Å². The van der Waals surface area contributed by atoms with Gasteiger partial charge in [-0.05, 0) is 25.1 Å². The zero-order chi connectivity index (χ0) is 14.9. The van der Waals surface area contributed by atoms with Gasteiger partial charge in [-0.15, -0.1) is 0 Å². The molecule has 0 radical (unpaired) electrons. The second kappa shape index (κ2) is 5.47. The van der Waals surface area contributed by atoms with Crippen LogP contribution in [0, 0.1) is 12.7 Å². The van der Waals surface area contributed by atoms with E-state index in [1.807, 2.05) is 0 Å². The van der Waals surface area contributed by atoms with E-state index in [9.17, 15) is 17.6 Å². The molecular weight excluding hydrogens is 327 g/mol. The van der Waals surface area contributed by atoms with Crippen molar-refractivity contribution in [2.24, 2.45) is 0 Å². The molecule has 0 unspecified atom stereocenters. The van der Waals surface area contributed by atoms with Gasteiger partial charge in [-0.2, -0.15) is 0 Å². The Hall–Kier alpha value is -1.51. The molecule has 1 N–H and O–H groups in total. The number of thiazole rings is 1. The number of aromatic nitrogens is 1. The van der Waals surface area contributed by atoms with Crippen molar-refractivity contribution in [2.45, 2.75) is 11.1 Å². The fourth-order valence-corrected chi connectivity index (χ4v) is 3.81. The zero-order valence-corrected chi connectivity index (χ0v) is 12.4. The second-order valence-corrected chi connectivity index (χ2v) is 7.55. The fraction of sp³-hybridized carbons (Fsp3) is 0.0909. The summed E-state index contributed by atoms with van der Waals surface area (Å²) < 4.78 is 35.4. The lowest BCUT2D eigenvalue weighted by Crippen LogP contribution is -2.11. The predicted octanol–water partition coefficient (Wildman–Crippen LogP) is 2.77. The van der Waals surface area contributed by atoms with Crippen LogP contribution in [-0.2, 0) is 9.05 Å². The summed E-state index contributed by atoms with van der Waals surface area (Å²) in [6.07, 6.45) is 0. The fourth-order valence-electron chi connectivity index (χ4n) is 1.46. The maximum atomic E-state index is 13.0. The summed E-state index contributed by atoms with van der Waals surface area (Å²) in [7, 11) is 1.33. The van der Waals surface area contributed by atoms with Gasteiger partial charge < -0.3 is 0 Å². The summed E-state index contributed by atoms with van der Waals surface area (Å²) in [5.74, 6) is -1.13. The van der Waals surface area contributed by atoms with Gasteiger partial charge in [0.2, 0.25) is 0 Å². The number of nitrogens with zero attached hydrogens (tertiary/aromatic N) is 1. The first-order chi connectivity index (χ1) is 9.27. The Bertz CT molecular complexity index is 774. The minimum absolute atomic E-state index is 0.0796. The third kappa shape index (κ3) is 3.33. The molecule has 0 atom stereocenters. The average molecular weight is 335 g/mol. The molecule has 0 saturated heterocycles. The highest BCUT2D eigenvalue weighted by Gasteiger charge is 2.20. The standard InChI is InChI=1S/C11H8ClFN2O3S2/c1-6-10(20(12,17)18)19-11(14-6)15-9(16)7-3-2-4-8(13)5-7/h2-5H,1H3,(H,14,15,16). The molecule has 0 bridgehead atoms. The summed E-state index contributed by atoms with van der Waals surface area (Å²) in [6.45, 7) is 1.46. The number of hydrogen-bond acceptors (Lipinski definition) is 5. The van der Waals surface area contributed by atoms with E-state index in [2.05, 4.69) is 10.3 Å². The molecule has 0 aliphatic rings. The molecule has 2 aromatic rings. The monoisotopic (exact) mass is 334 g/mol. The summed E-state index contributed by atoms with van der Waals surface area (Å²) in [5, 5.41) is 2.48. The molecule has 1 amide bonds. The Labute approximate surface area is 122 Å². The van der Waals surface area contributed by atoms with Gasteiger partial charge in [0, 0.05) is 16.2 Å². The van der Waals surface area contributed by atoms with Gasteiger partial charge in [0.05, 0.1) is 5.69 Å². The Morgan fingerprint density at radius 3 is 2.70 bits per heavy atom. The van der Waals surface area contributed by atoms with Gasteiger partial charge in [-0.3, -0.25) is 10.1 Å². The highest BCUT2D eigenvalue weighted by atomic mass is 35.7. The molecule has 1 aromatic carbocycles. The van der Waals surface area contributed by atoms with Crippen molar-refractivity contribution in [3.63, 3.8) is 0 Å². The molecule has 0 aliphatic heterocycles. The van der Waals surface area contributed by atoms with E-state index in [-0.39, 0.29) is 20.6 Å². The van der Waals surface area contributed by atoms with Crippen LogP contribution in [0.4, 0.5) is 9.52 Å². The minimum Gasteiger partial charge on any atom is -0.298 e. The first-order valence-corrected chi connectivity index (χ1v) is 8.39. The maximum Gasteiger partial charge on any atom is 0.272 e. The van der Waals surface area contributed by atoms with Crippen molar-refractivity contribution >= 4 is 42.1 Å². The molecule has 9 heteroatoms. The lowest BCUT2D eigenvalue weighted by Gasteiger charge is -2.01. The highest BCUT2D eigenvalue weighted by molar-refractivity contribution is 8.15. The van der Waals surface area contributed by atoms with Crippen LogP contribution in [0.15, 0.2) is 28.5 Å². The molecular formula is C11H8ClFN2O3S2. The first kappa shape index (κ1) is 14.9. The molecule has 0 spiro atoms. The Kier molecular flexibility index (Phi) is 4.07. The van der Waals surface area contributed by atoms with Gasteiger partial charge in [0.15, 0.2) is 9.34 Å². The summed E-state index contributed by atoms with van der Waals surface area (Å²) in [6, 6.07) is 5.10. The lowest BCUT2D eigenvalue weighted by molar-refractivity contribution is 0.102. The van der Waals surface area contributed by atoms with Crippen LogP contribution in [0.1, 0.15) is 16.1 Å². The Morgan fingerprint density at radius 2 is 2.15 bits per heavy atom. The highest BCUT2D eigenvalue weighted by Crippen LogP contribution is 2.29. The zero-order valence-electron chi connectivity index (χ0n) is 10.1. The Morgan fingerprint density at radius 1 is 1.45 bits per heavy atom. The number of halogens is 2. The van der Waals surface area contributed by atoms with Crippen molar-refractivity contribution < 1.29 is 17.6 Å². The van der Waals surface area contributed by atoms with E-state index in [0.717, 1.165) is 17.4 Å². The molecule has 5 nitrogen and oxygen atoms in total. The molecule has 106 valence electrons. The smallest absolute Gasteiger partial charge is 0.272 e. The van der Waals surface area contributed by atoms with Gasteiger partial charge in [-0.1, -0.05) is 17.4 Å². The quantitative estimate of drug-likeness (QED) is 0.876. The van der Waals surface area contributed by atoms with E-state index in [0.29, 0.717) is 0 Å². The number of carbonyl (C=O) groups excluding carboxylic acids is 1. The largest absolute Gasteiger partial charge is 0.298 e. The molecule has 0 saturated carbocycles. The van der Waals surface area contributed by atoms with E-state index in [4.69, 9.17) is 10.7 Å². The van der Waals surface area contributed by atoms with E-state index < -0.39 is 20.8 Å². The maximum absolute atomic E-state index is 13.0. The number of amides is 1. The number of carbonyl (C=O) groups is 1. The van der Waals surface area contributed by atoms with Crippen LogP contribution in [0.3, 0.4) is 0 Å². The predicted molar refractivity (Wildman–Crippen MR) is 74.2 cm³/mol. The Balaban J connectivity index is 2.25. The summed E-state index contributed by atoms with van der Waals surface area (Å²) in [4.78, 5) is 15.7. The van der Waals surface area contributed by atoms with Crippen molar-refractivity contribution in [1.82, 2.24) is 4.98 Å². The van der Waals surface area contributed by atoms with Gasteiger partial charge in [-0.25, -0.2) is 17.8 Å². The van der Waals surface area contributed by atoms with Crippen LogP contribution in [0.2, 0.25) is 0 Å². The van der Waals surface area contributed by atoms with Crippen LogP contribution in [-0.4, -0.2) is 19.3 Å². The normalized spacial score (nSPS) is 11.3. The molecule has 0 aliphatic carbocycles. The molecule has 0 fully saturated rings. The van der Waals surface area contributed by atoms with Crippen LogP contribution in [0.25, 0.3) is 0 Å². The van der Waals surface area contributed by atoms with E-state index in [1.54, 1.807) is 0 Å². The SMILES string of the molecule is Cc1nc(NC(=O)c2cccc(F)c2)sc1S(=O)(=O)Cl. The molecule has 1 heterocycles. The van der Waals surface area contributed by atoms with Gasteiger partial charge in [0.1, 0.15) is 5.82 Å². The number of hydrogen-bond donors (Lipinski definition) is 1. The molecule has 20 heavy (non-hydrogen) atoms.